The summed E-state index contributed by atoms with van der Waals surface area (Å²) in [4.78, 5) is 32.6. The number of ketones is 1. The Balaban J connectivity index is 1.80. The first-order valence-electron chi connectivity index (χ1n) is 11.5. The fourth-order valence-corrected chi connectivity index (χ4v) is 3.94. The summed E-state index contributed by atoms with van der Waals surface area (Å²) in [5, 5.41) is 19.1. The maximum absolute atomic E-state index is 13.6. The van der Waals surface area contributed by atoms with Crippen molar-refractivity contribution in [2.75, 3.05) is 4.90 Å². The van der Waals surface area contributed by atoms with E-state index < -0.39 is 23.5 Å². The fourth-order valence-electron chi connectivity index (χ4n) is 3.94. The Hall–Kier alpha value is -4.07. The van der Waals surface area contributed by atoms with Crippen molar-refractivity contribution in [3.05, 3.63) is 88.6 Å². The summed E-state index contributed by atoms with van der Waals surface area (Å²) in [6.45, 7) is 9.72. The van der Waals surface area contributed by atoms with Crippen LogP contribution in [0.15, 0.2) is 66.1 Å². The molecule has 2 aromatic heterocycles. The Bertz CT molecular complexity index is 1260. The zero-order valence-electron chi connectivity index (χ0n) is 20.4. The molecule has 0 fully saturated rings. The van der Waals surface area contributed by atoms with Gasteiger partial charge in [0.1, 0.15) is 11.8 Å². The van der Waals surface area contributed by atoms with Crippen molar-refractivity contribution >= 4 is 17.5 Å². The van der Waals surface area contributed by atoms with E-state index in [0.717, 1.165) is 5.56 Å². The van der Waals surface area contributed by atoms with Gasteiger partial charge in [0.15, 0.2) is 17.4 Å². The number of rotatable bonds is 7. The number of nitrogens with zero attached hydrogens (tertiary/aromatic N) is 4. The number of hydrogen-bond donors (Lipinski definition) is 1. The molecule has 8 heteroatoms. The smallest absolute Gasteiger partial charge is 0.295 e. The van der Waals surface area contributed by atoms with Crippen LogP contribution in [0.3, 0.4) is 0 Å². The number of benzene rings is 1. The first-order chi connectivity index (χ1) is 16.7. The number of carbonyl (C=O) groups excluding carboxylic acids is 2. The highest BCUT2D eigenvalue weighted by atomic mass is 16.5. The summed E-state index contributed by atoms with van der Waals surface area (Å²) in [5.41, 5.74) is 2.45. The van der Waals surface area contributed by atoms with Gasteiger partial charge in [0.2, 0.25) is 0 Å². The number of anilines is 1. The Morgan fingerprint density at radius 3 is 2.26 bits per heavy atom. The maximum atomic E-state index is 13.6. The molecule has 1 N–H and O–H groups in total. The van der Waals surface area contributed by atoms with Gasteiger partial charge in [-0.3, -0.25) is 19.5 Å². The lowest BCUT2D eigenvalue weighted by Crippen LogP contribution is -2.32. The molecular weight excluding hydrogens is 444 g/mol. The van der Waals surface area contributed by atoms with E-state index in [1.54, 1.807) is 43.3 Å². The second-order valence-electron chi connectivity index (χ2n) is 9.06. The molecule has 3 heterocycles. The van der Waals surface area contributed by atoms with E-state index in [-0.39, 0.29) is 17.5 Å². The molecule has 0 spiro atoms. The number of aryl methyl sites for hydroxylation is 1. The number of carbonyl (C=O) groups is 2. The fraction of sp³-hybridized carbons (Fsp3) is 0.296. The van der Waals surface area contributed by atoms with Crippen LogP contribution in [0, 0.1) is 6.92 Å². The number of aliphatic hydroxyl groups is 1. The maximum Gasteiger partial charge on any atom is 0.295 e. The number of amides is 1. The highest BCUT2D eigenvalue weighted by Gasteiger charge is 2.46. The monoisotopic (exact) mass is 472 g/mol. The van der Waals surface area contributed by atoms with Gasteiger partial charge < -0.3 is 9.84 Å². The Morgan fingerprint density at radius 1 is 1.00 bits per heavy atom. The number of ether oxygens (including phenoxy) is 1. The van der Waals surface area contributed by atoms with Gasteiger partial charge in [-0.15, -0.1) is 5.10 Å². The lowest BCUT2D eigenvalue weighted by molar-refractivity contribution is -0.117. The molecule has 35 heavy (non-hydrogen) atoms. The van der Waals surface area contributed by atoms with Crippen LogP contribution >= 0.6 is 0 Å². The van der Waals surface area contributed by atoms with Gasteiger partial charge in [-0.1, -0.05) is 38.1 Å². The van der Waals surface area contributed by atoms with Gasteiger partial charge in [-0.05, 0) is 56.5 Å². The van der Waals surface area contributed by atoms with Crippen molar-refractivity contribution in [3.63, 3.8) is 0 Å². The van der Waals surface area contributed by atoms with Gasteiger partial charge in [0, 0.05) is 5.56 Å². The van der Waals surface area contributed by atoms with Gasteiger partial charge in [-0.25, -0.2) is 0 Å². The van der Waals surface area contributed by atoms with E-state index in [2.05, 4.69) is 29.0 Å². The van der Waals surface area contributed by atoms with Crippen LogP contribution in [0.5, 0.6) is 5.75 Å². The van der Waals surface area contributed by atoms with Crippen molar-refractivity contribution in [1.29, 1.82) is 0 Å². The third-order valence-corrected chi connectivity index (χ3v) is 5.73. The Labute approximate surface area is 204 Å². The molecule has 1 atom stereocenters. The van der Waals surface area contributed by atoms with E-state index in [4.69, 9.17) is 4.74 Å². The minimum atomic E-state index is -0.982. The molecule has 3 aromatic rings. The van der Waals surface area contributed by atoms with Crippen LogP contribution in [0.1, 0.15) is 67.0 Å². The summed E-state index contributed by atoms with van der Waals surface area (Å²) >= 11 is 0. The molecule has 1 unspecified atom stereocenters. The van der Waals surface area contributed by atoms with Crippen LogP contribution in [-0.4, -0.2) is 38.1 Å². The molecule has 1 aliphatic heterocycles. The van der Waals surface area contributed by atoms with Crippen molar-refractivity contribution in [2.45, 2.75) is 52.7 Å². The van der Waals surface area contributed by atoms with E-state index in [0.29, 0.717) is 28.6 Å². The molecule has 1 aliphatic rings. The highest BCUT2D eigenvalue weighted by Crippen LogP contribution is 2.40. The van der Waals surface area contributed by atoms with Gasteiger partial charge in [0.05, 0.1) is 29.3 Å². The summed E-state index contributed by atoms with van der Waals surface area (Å²) in [5.74, 6) is -0.749. The average molecular weight is 473 g/mol. The van der Waals surface area contributed by atoms with Crippen molar-refractivity contribution in [2.24, 2.45) is 0 Å². The number of Topliss-reactive ketones (excluding diaryl/α,β-unsaturated/α-hetero) is 1. The van der Waals surface area contributed by atoms with Gasteiger partial charge in [-0.2, -0.15) is 5.10 Å². The number of aliphatic hydroxyl groups excluding tert-OH is 1. The molecule has 0 aliphatic carbocycles. The van der Waals surface area contributed by atoms with Crippen LogP contribution in [0.2, 0.25) is 0 Å². The van der Waals surface area contributed by atoms with Crippen LogP contribution in [-0.2, 0) is 4.79 Å². The number of aromatic nitrogens is 3. The Morgan fingerprint density at radius 2 is 1.71 bits per heavy atom. The van der Waals surface area contributed by atoms with E-state index >= 15 is 0 Å². The quantitative estimate of drug-likeness (QED) is 0.489. The van der Waals surface area contributed by atoms with Crippen molar-refractivity contribution < 1.29 is 19.4 Å². The van der Waals surface area contributed by atoms with E-state index in [1.807, 2.05) is 26.0 Å². The number of pyridine rings is 1. The van der Waals surface area contributed by atoms with Crippen LogP contribution in [0.4, 0.5) is 5.82 Å². The second kappa shape index (κ2) is 9.66. The first-order valence-corrected chi connectivity index (χ1v) is 11.5. The molecule has 1 aromatic carbocycles. The van der Waals surface area contributed by atoms with E-state index in [1.165, 1.54) is 11.1 Å². The topological polar surface area (TPSA) is 106 Å². The largest absolute Gasteiger partial charge is 0.503 e. The van der Waals surface area contributed by atoms with E-state index in [9.17, 15) is 14.7 Å². The average Bonchev–Trinajstić information content (AvgIpc) is 3.10. The molecule has 1 amide bonds. The van der Waals surface area contributed by atoms with Crippen LogP contribution < -0.4 is 9.64 Å². The minimum absolute atomic E-state index is 0.0371. The third kappa shape index (κ3) is 4.77. The highest BCUT2D eigenvalue weighted by molar-refractivity contribution is 6.20. The Kier molecular flexibility index (Phi) is 6.64. The molecular formula is C27H28N4O4. The predicted molar refractivity (Wildman–Crippen MR) is 132 cm³/mol. The zero-order valence-corrected chi connectivity index (χ0v) is 20.4. The molecule has 0 radical (unpaired) electrons. The summed E-state index contributed by atoms with van der Waals surface area (Å²) in [6.07, 6.45) is 1.50. The molecule has 0 saturated heterocycles. The predicted octanol–water partition coefficient (Wildman–Crippen LogP) is 4.87. The standard InChI is InChI=1S/C27H28N4O4/c1-15(2)18-7-9-19(10-8-18)25(32)23-24(21-12-11-20(14-28-21)35-16(3)4)31(27(34)26(23)33)22-13-6-17(5)29-30-22/h6-16,24,33H,1-5H3. The molecule has 0 saturated carbocycles. The summed E-state index contributed by atoms with van der Waals surface area (Å²) in [7, 11) is 0. The summed E-state index contributed by atoms with van der Waals surface area (Å²) < 4.78 is 5.68. The molecule has 8 nitrogen and oxygen atoms in total. The van der Waals surface area contributed by atoms with Crippen LogP contribution in [0.25, 0.3) is 0 Å². The zero-order chi connectivity index (χ0) is 25.3. The molecule has 0 bridgehead atoms. The lowest BCUT2D eigenvalue weighted by Gasteiger charge is -2.25. The SMILES string of the molecule is Cc1ccc(N2C(=O)C(O)=C(C(=O)c3ccc(C(C)C)cc3)C2c2ccc(OC(C)C)cn2)nn1. The molecule has 180 valence electrons. The first kappa shape index (κ1) is 24.1. The lowest BCUT2D eigenvalue weighted by atomic mass is 9.93. The minimum Gasteiger partial charge on any atom is -0.503 e. The van der Waals surface area contributed by atoms with Gasteiger partial charge >= 0.3 is 0 Å². The van der Waals surface area contributed by atoms with Crippen molar-refractivity contribution in [3.8, 4) is 5.75 Å². The third-order valence-electron chi connectivity index (χ3n) is 5.73. The van der Waals surface area contributed by atoms with Gasteiger partial charge in [0.25, 0.3) is 5.91 Å². The van der Waals surface area contributed by atoms with Crippen molar-refractivity contribution in [1.82, 2.24) is 15.2 Å². The second-order valence-corrected chi connectivity index (χ2v) is 9.06. The molecule has 4 rings (SSSR count). The summed E-state index contributed by atoms with van der Waals surface area (Å²) in [6, 6.07) is 12.9. The number of hydrogen-bond acceptors (Lipinski definition) is 7. The normalized spacial score (nSPS) is 15.9.